The van der Waals surface area contributed by atoms with Crippen LogP contribution >= 0.6 is 11.8 Å². The molecule has 1 atom stereocenters. The summed E-state index contributed by atoms with van der Waals surface area (Å²) in [5.74, 6) is 0.514. The Morgan fingerprint density at radius 1 is 0.944 bits per heavy atom. The van der Waals surface area contributed by atoms with Crippen molar-refractivity contribution >= 4 is 46.5 Å². The van der Waals surface area contributed by atoms with E-state index < -0.39 is 0 Å². The van der Waals surface area contributed by atoms with Crippen molar-refractivity contribution in [1.82, 2.24) is 0 Å². The molecule has 0 radical (unpaired) electrons. The van der Waals surface area contributed by atoms with Crippen molar-refractivity contribution in [3.8, 4) is 11.5 Å². The predicted octanol–water partition coefficient (Wildman–Crippen LogP) is 4.87. The Morgan fingerprint density at radius 2 is 1.67 bits per heavy atom. The molecule has 0 unspecified atom stereocenters. The second-order valence-electron chi connectivity index (χ2n) is 8.18. The third-order valence-corrected chi connectivity index (χ3v) is 6.96. The van der Waals surface area contributed by atoms with Crippen LogP contribution in [0.15, 0.2) is 71.6 Å². The lowest BCUT2D eigenvalue weighted by atomic mass is 10.1. The molecular weight excluding hydrogens is 478 g/mol. The molecule has 186 valence electrons. The molecule has 36 heavy (non-hydrogen) atoms. The van der Waals surface area contributed by atoms with Gasteiger partial charge in [0.2, 0.25) is 17.7 Å². The summed E-state index contributed by atoms with van der Waals surface area (Å²) in [6.07, 6.45) is 0.208. The summed E-state index contributed by atoms with van der Waals surface area (Å²) in [7, 11) is 3.16. The van der Waals surface area contributed by atoms with Crippen molar-refractivity contribution in [2.24, 2.45) is 0 Å². The molecule has 0 aromatic heterocycles. The highest BCUT2D eigenvalue weighted by atomic mass is 32.2. The van der Waals surface area contributed by atoms with Crippen LogP contribution in [0.25, 0.3) is 0 Å². The normalized spacial score (nSPS) is 14.9. The Labute approximate surface area is 214 Å². The Balaban J connectivity index is 1.56. The average molecular weight is 506 g/mol. The van der Waals surface area contributed by atoms with E-state index in [4.69, 9.17) is 9.47 Å². The number of anilines is 3. The minimum atomic E-state index is -0.340. The Hall–Kier alpha value is -3.98. The van der Waals surface area contributed by atoms with Crippen LogP contribution in [-0.2, 0) is 14.4 Å². The summed E-state index contributed by atoms with van der Waals surface area (Å²) in [5, 5.41) is 5.35. The number of thioether (sulfide) groups is 1. The van der Waals surface area contributed by atoms with Crippen LogP contribution in [-0.4, -0.2) is 38.5 Å². The fraction of sp³-hybridized carbons (Fsp3) is 0.222. The number of hydrogen-bond donors (Lipinski definition) is 2. The number of benzene rings is 3. The van der Waals surface area contributed by atoms with E-state index in [1.54, 1.807) is 50.2 Å². The molecule has 9 heteroatoms. The lowest BCUT2D eigenvalue weighted by Crippen LogP contribution is -2.38. The fourth-order valence-corrected chi connectivity index (χ4v) is 5.28. The summed E-state index contributed by atoms with van der Waals surface area (Å²) in [6.45, 7) is 1.28. The quantitative estimate of drug-likeness (QED) is 0.476. The van der Waals surface area contributed by atoms with E-state index in [1.165, 1.54) is 11.8 Å². The molecule has 8 nitrogen and oxygen atoms in total. The monoisotopic (exact) mass is 505 g/mol. The highest BCUT2D eigenvalue weighted by Crippen LogP contribution is 2.46. The van der Waals surface area contributed by atoms with Crippen molar-refractivity contribution in [2.75, 3.05) is 36.3 Å². The molecule has 1 aliphatic heterocycles. The number of rotatable bonds is 7. The summed E-state index contributed by atoms with van der Waals surface area (Å²) in [5.41, 5.74) is 2.73. The van der Waals surface area contributed by atoms with Crippen molar-refractivity contribution < 1.29 is 23.9 Å². The second-order valence-corrected chi connectivity index (χ2v) is 9.43. The molecule has 2 N–H and O–H groups in total. The number of methoxy groups -OCH3 is 2. The van der Waals surface area contributed by atoms with Gasteiger partial charge in [0.15, 0.2) is 11.5 Å². The first-order chi connectivity index (χ1) is 17.4. The highest BCUT2D eigenvalue weighted by molar-refractivity contribution is 7.99. The minimum Gasteiger partial charge on any atom is -0.493 e. The molecule has 0 saturated heterocycles. The number of amides is 3. The number of carbonyl (C=O) groups is 3. The maximum absolute atomic E-state index is 13.4. The van der Waals surface area contributed by atoms with Crippen LogP contribution in [0.4, 0.5) is 17.1 Å². The maximum Gasteiger partial charge on any atom is 0.244 e. The lowest BCUT2D eigenvalue weighted by molar-refractivity contribution is -0.121. The molecule has 0 bridgehead atoms. The van der Waals surface area contributed by atoms with Crippen LogP contribution in [0.3, 0.4) is 0 Å². The zero-order valence-corrected chi connectivity index (χ0v) is 21.1. The van der Waals surface area contributed by atoms with E-state index in [0.717, 1.165) is 10.5 Å². The molecular formula is C27H27N3O5S. The first kappa shape index (κ1) is 25.1. The largest absolute Gasteiger partial charge is 0.493 e. The van der Waals surface area contributed by atoms with Gasteiger partial charge in [0.25, 0.3) is 0 Å². The van der Waals surface area contributed by atoms with Gasteiger partial charge in [0.05, 0.1) is 19.9 Å². The minimum absolute atomic E-state index is 0.139. The van der Waals surface area contributed by atoms with Crippen molar-refractivity contribution in [3.05, 3.63) is 72.3 Å². The van der Waals surface area contributed by atoms with E-state index in [9.17, 15) is 14.4 Å². The van der Waals surface area contributed by atoms with E-state index in [0.29, 0.717) is 28.6 Å². The number of carbonyl (C=O) groups excluding carboxylic acids is 3. The molecule has 0 aliphatic carbocycles. The zero-order chi connectivity index (χ0) is 25.7. The Bertz CT molecular complexity index is 1300. The molecule has 1 heterocycles. The van der Waals surface area contributed by atoms with Gasteiger partial charge in [-0.25, -0.2) is 0 Å². The van der Waals surface area contributed by atoms with Gasteiger partial charge in [-0.1, -0.05) is 24.3 Å². The molecule has 3 aromatic carbocycles. The Morgan fingerprint density at radius 3 is 2.39 bits per heavy atom. The van der Waals surface area contributed by atoms with Gasteiger partial charge in [0, 0.05) is 34.9 Å². The fourth-order valence-electron chi connectivity index (χ4n) is 4.01. The van der Waals surface area contributed by atoms with E-state index in [1.807, 2.05) is 42.5 Å². The third kappa shape index (κ3) is 5.80. The third-order valence-electron chi connectivity index (χ3n) is 5.63. The van der Waals surface area contributed by atoms with E-state index >= 15 is 0 Å². The number of ether oxygens (including phenoxy) is 2. The lowest BCUT2D eigenvalue weighted by Gasteiger charge is -2.22. The maximum atomic E-state index is 13.4. The SMILES string of the molecule is COc1ccc([C@@H]2CC(=O)N(CC(=O)Nc3cccc(NC(C)=O)c3)c3ccccc3S2)cc1OC. The van der Waals surface area contributed by atoms with Gasteiger partial charge in [-0.05, 0) is 48.0 Å². The van der Waals surface area contributed by atoms with Gasteiger partial charge in [-0.15, -0.1) is 11.8 Å². The van der Waals surface area contributed by atoms with Gasteiger partial charge in [-0.2, -0.15) is 0 Å². The second kappa shape index (κ2) is 11.2. The standard InChI is InChI=1S/C27H27N3O5S/c1-17(31)28-19-7-6-8-20(14-19)29-26(32)16-30-21-9-4-5-10-24(21)36-25(15-27(30)33)18-11-12-22(34-2)23(13-18)35-3/h4-14,25H,15-16H2,1-3H3,(H,28,31)(H,29,32)/t25-/m0/s1. The molecule has 4 rings (SSSR count). The van der Waals surface area contributed by atoms with Crippen LogP contribution in [0.2, 0.25) is 0 Å². The summed E-state index contributed by atoms with van der Waals surface area (Å²) in [6, 6.07) is 20.1. The van der Waals surface area contributed by atoms with Gasteiger partial charge < -0.3 is 25.0 Å². The summed E-state index contributed by atoms with van der Waals surface area (Å²) >= 11 is 1.58. The number of nitrogens with zero attached hydrogens (tertiary/aromatic N) is 1. The molecule has 3 amide bonds. The molecule has 0 spiro atoms. The van der Waals surface area contributed by atoms with Gasteiger partial charge in [-0.3, -0.25) is 14.4 Å². The van der Waals surface area contributed by atoms with Crippen molar-refractivity contribution in [1.29, 1.82) is 0 Å². The van der Waals surface area contributed by atoms with Crippen LogP contribution < -0.4 is 25.0 Å². The first-order valence-corrected chi connectivity index (χ1v) is 12.2. The number of para-hydroxylation sites is 1. The first-order valence-electron chi connectivity index (χ1n) is 11.3. The van der Waals surface area contributed by atoms with E-state index in [-0.39, 0.29) is 35.9 Å². The molecule has 0 saturated carbocycles. The van der Waals surface area contributed by atoms with Crippen molar-refractivity contribution in [2.45, 2.75) is 23.5 Å². The van der Waals surface area contributed by atoms with Crippen LogP contribution in [0.1, 0.15) is 24.2 Å². The predicted molar refractivity (Wildman–Crippen MR) is 141 cm³/mol. The Kier molecular flexibility index (Phi) is 7.80. The van der Waals surface area contributed by atoms with Crippen LogP contribution in [0.5, 0.6) is 11.5 Å². The smallest absolute Gasteiger partial charge is 0.244 e. The highest BCUT2D eigenvalue weighted by Gasteiger charge is 2.31. The van der Waals surface area contributed by atoms with Gasteiger partial charge >= 0.3 is 0 Å². The molecule has 0 fully saturated rings. The topological polar surface area (TPSA) is 97.0 Å². The van der Waals surface area contributed by atoms with Crippen LogP contribution in [0, 0.1) is 0 Å². The summed E-state index contributed by atoms with van der Waals surface area (Å²) in [4.78, 5) is 40.2. The van der Waals surface area contributed by atoms with Crippen molar-refractivity contribution in [3.63, 3.8) is 0 Å². The number of hydrogen-bond acceptors (Lipinski definition) is 6. The molecule has 3 aromatic rings. The zero-order valence-electron chi connectivity index (χ0n) is 20.2. The summed E-state index contributed by atoms with van der Waals surface area (Å²) < 4.78 is 10.8. The number of nitrogens with one attached hydrogen (secondary N) is 2. The van der Waals surface area contributed by atoms with E-state index in [2.05, 4.69) is 10.6 Å². The van der Waals surface area contributed by atoms with Gasteiger partial charge in [0.1, 0.15) is 6.54 Å². The average Bonchev–Trinajstić information content (AvgIpc) is 2.99. The number of fused-ring (bicyclic) bond motifs is 1. The molecule has 1 aliphatic rings.